The highest BCUT2D eigenvalue weighted by molar-refractivity contribution is 8.00. The first-order valence-electron chi connectivity index (χ1n) is 10.1. The Morgan fingerprint density at radius 3 is 2.86 bits per heavy atom. The molecular weight excluding hydrogens is 384 g/mol. The molecule has 1 aromatic heterocycles. The maximum Gasteiger partial charge on any atom is 0.253 e. The van der Waals surface area contributed by atoms with Crippen LogP contribution < -0.4 is 5.32 Å². The van der Waals surface area contributed by atoms with Crippen LogP contribution in [0.5, 0.6) is 0 Å². The Labute approximate surface area is 175 Å². The van der Waals surface area contributed by atoms with Gasteiger partial charge in [0.25, 0.3) is 5.91 Å². The lowest BCUT2D eigenvalue weighted by molar-refractivity contribution is -0.113. The molecular formula is C22H26N4O2S. The second-order valence-corrected chi connectivity index (χ2v) is 8.62. The first kappa shape index (κ1) is 19.9. The number of aromatic nitrogens is 1. The van der Waals surface area contributed by atoms with Crippen LogP contribution in [0.1, 0.15) is 28.9 Å². The number of rotatable bonds is 5. The lowest BCUT2D eigenvalue weighted by Crippen LogP contribution is -2.46. The molecule has 0 saturated carbocycles. The Kier molecular flexibility index (Phi) is 6.16. The van der Waals surface area contributed by atoms with Crippen LogP contribution in [0.3, 0.4) is 0 Å². The molecule has 2 aromatic rings. The summed E-state index contributed by atoms with van der Waals surface area (Å²) in [5, 5.41) is 2.86. The number of anilines is 1. The zero-order chi connectivity index (χ0) is 20.2. The van der Waals surface area contributed by atoms with Gasteiger partial charge in [-0.05, 0) is 43.2 Å². The molecule has 29 heavy (non-hydrogen) atoms. The third kappa shape index (κ3) is 4.79. The summed E-state index contributed by atoms with van der Waals surface area (Å²) in [5.74, 6) is 0.433. The fraction of sp³-hybridized carbons (Fsp3) is 0.409. The summed E-state index contributed by atoms with van der Waals surface area (Å²) in [4.78, 5) is 34.3. The van der Waals surface area contributed by atoms with Crippen molar-refractivity contribution >= 4 is 29.3 Å². The second-order valence-electron chi connectivity index (χ2n) is 7.61. The van der Waals surface area contributed by atoms with Crippen LogP contribution in [0, 0.1) is 0 Å². The van der Waals surface area contributed by atoms with Gasteiger partial charge in [0.1, 0.15) is 0 Å². The van der Waals surface area contributed by atoms with Crippen LogP contribution in [0.15, 0.2) is 47.5 Å². The summed E-state index contributed by atoms with van der Waals surface area (Å²) in [7, 11) is 1.89. The second kappa shape index (κ2) is 8.97. The van der Waals surface area contributed by atoms with Gasteiger partial charge in [-0.3, -0.25) is 14.6 Å². The minimum Gasteiger partial charge on any atom is -0.339 e. The molecule has 152 valence electrons. The minimum atomic E-state index is -0.0153. The highest BCUT2D eigenvalue weighted by Crippen LogP contribution is 2.32. The SMILES string of the molecule is CN(C(=O)c1ccc2c(c1)NC(=O)CS2)C1CCN(CCc2ccccn2)CC1. The predicted molar refractivity (Wildman–Crippen MR) is 115 cm³/mol. The van der Waals surface area contributed by atoms with Crippen LogP contribution >= 0.6 is 11.8 Å². The number of thioether (sulfide) groups is 1. The van der Waals surface area contributed by atoms with Crippen molar-refractivity contribution in [2.45, 2.75) is 30.2 Å². The quantitative estimate of drug-likeness (QED) is 0.821. The molecule has 3 heterocycles. The van der Waals surface area contributed by atoms with Crippen molar-refractivity contribution in [2.24, 2.45) is 0 Å². The number of benzene rings is 1. The van der Waals surface area contributed by atoms with Crippen molar-refractivity contribution in [3.63, 3.8) is 0 Å². The maximum absolute atomic E-state index is 13.0. The van der Waals surface area contributed by atoms with Gasteiger partial charge >= 0.3 is 0 Å². The fourth-order valence-corrected chi connectivity index (χ4v) is 4.72. The van der Waals surface area contributed by atoms with E-state index in [9.17, 15) is 9.59 Å². The van der Waals surface area contributed by atoms with Gasteiger partial charge in [0.05, 0.1) is 11.4 Å². The Morgan fingerprint density at radius 2 is 2.10 bits per heavy atom. The van der Waals surface area contributed by atoms with Gasteiger partial charge < -0.3 is 15.1 Å². The van der Waals surface area contributed by atoms with Crippen LogP contribution in [0.2, 0.25) is 0 Å². The summed E-state index contributed by atoms with van der Waals surface area (Å²) in [5.41, 5.74) is 2.50. The lowest BCUT2D eigenvalue weighted by Gasteiger charge is -2.36. The number of amides is 2. The number of hydrogen-bond donors (Lipinski definition) is 1. The molecule has 1 fully saturated rings. The highest BCUT2D eigenvalue weighted by Gasteiger charge is 2.27. The molecule has 1 aromatic carbocycles. The van der Waals surface area contributed by atoms with Crippen LogP contribution in [-0.4, -0.2) is 65.1 Å². The van der Waals surface area contributed by atoms with E-state index < -0.39 is 0 Å². The van der Waals surface area contributed by atoms with Gasteiger partial charge in [0.2, 0.25) is 5.91 Å². The van der Waals surface area contributed by atoms with E-state index in [1.54, 1.807) is 6.07 Å². The van der Waals surface area contributed by atoms with Gasteiger partial charge in [-0.2, -0.15) is 0 Å². The van der Waals surface area contributed by atoms with Crippen molar-refractivity contribution in [3.05, 3.63) is 53.9 Å². The van der Waals surface area contributed by atoms with Crippen LogP contribution in [-0.2, 0) is 11.2 Å². The van der Waals surface area contributed by atoms with Crippen molar-refractivity contribution in [1.82, 2.24) is 14.8 Å². The normalized spacial score (nSPS) is 17.5. The Morgan fingerprint density at radius 1 is 1.28 bits per heavy atom. The molecule has 0 atom stereocenters. The molecule has 0 unspecified atom stereocenters. The molecule has 4 rings (SSSR count). The van der Waals surface area contributed by atoms with Crippen molar-refractivity contribution in [3.8, 4) is 0 Å². The third-order valence-corrected chi connectivity index (χ3v) is 6.77. The van der Waals surface area contributed by atoms with E-state index in [2.05, 4.69) is 21.3 Å². The molecule has 2 amide bonds. The standard InChI is InChI=1S/C22H26N4O2S/c1-25(22(28)16-5-6-20-19(14-16)24-21(27)15-29-20)18-8-12-26(13-9-18)11-7-17-4-2-3-10-23-17/h2-6,10,14,18H,7-9,11-13,15H2,1H3,(H,24,27). The van der Waals surface area contributed by atoms with Crippen molar-refractivity contribution in [1.29, 1.82) is 0 Å². The maximum atomic E-state index is 13.0. The van der Waals surface area contributed by atoms with E-state index >= 15 is 0 Å². The van der Waals surface area contributed by atoms with E-state index in [1.807, 2.05) is 42.4 Å². The Balaban J connectivity index is 1.31. The van der Waals surface area contributed by atoms with E-state index in [4.69, 9.17) is 0 Å². The average molecular weight is 411 g/mol. The van der Waals surface area contributed by atoms with Gasteiger partial charge in [0, 0.05) is 61.5 Å². The van der Waals surface area contributed by atoms with Crippen molar-refractivity contribution < 1.29 is 9.59 Å². The minimum absolute atomic E-state index is 0.0153. The summed E-state index contributed by atoms with van der Waals surface area (Å²) >= 11 is 1.51. The van der Waals surface area contributed by atoms with E-state index in [0.717, 1.165) is 55.2 Å². The molecule has 0 bridgehead atoms. The first-order chi connectivity index (χ1) is 14.1. The van der Waals surface area contributed by atoms with Gasteiger partial charge in [-0.1, -0.05) is 6.07 Å². The number of carbonyl (C=O) groups is 2. The zero-order valence-corrected chi connectivity index (χ0v) is 17.5. The topological polar surface area (TPSA) is 65.5 Å². The van der Waals surface area contributed by atoms with E-state index in [-0.39, 0.29) is 17.9 Å². The molecule has 0 radical (unpaired) electrons. The predicted octanol–water partition coefficient (Wildman–Crippen LogP) is 2.90. The summed E-state index contributed by atoms with van der Waals surface area (Å²) in [6.45, 7) is 2.99. The zero-order valence-electron chi connectivity index (χ0n) is 16.6. The molecule has 1 N–H and O–H groups in total. The summed E-state index contributed by atoms with van der Waals surface area (Å²) in [6.07, 6.45) is 4.75. The Bertz CT molecular complexity index is 882. The number of likely N-dealkylation sites (tertiary alicyclic amines) is 1. The van der Waals surface area contributed by atoms with Crippen molar-refractivity contribution in [2.75, 3.05) is 37.8 Å². The van der Waals surface area contributed by atoms with E-state index in [1.165, 1.54) is 11.8 Å². The smallest absolute Gasteiger partial charge is 0.253 e. The number of piperidine rings is 1. The number of hydrogen-bond acceptors (Lipinski definition) is 5. The van der Waals surface area contributed by atoms with Gasteiger partial charge in [-0.15, -0.1) is 11.8 Å². The molecule has 1 saturated heterocycles. The molecule has 0 aliphatic carbocycles. The number of nitrogens with zero attached hydrogens (tertiary/aromatic N) is 3. The largest absolute Gasteiger partial charge is 0.339 e. The van der Waals surface area contributed by atoms with Crippen LogP contribution in [0.4, 0.5) is 5.69 Å². The highest BCUT2D eigenvalue weighted by atomic mass is 32.2. The third-order valence-electron chi connectivity index (χ3n) is 5.69. The summed E-state index contributed by atoms with van der Waals surface area (Å²) < 4.78 is 0. The monoisotopic (exact) mass is 410 g/mol. The average Bonchev–Trinajstić information content (AvgIpc) is 2.77. The number of pyridine rings is 1. The van der Waals surface area contributed by atoms with Crippen LogP contribution in [0.25, 0.3) is 0 Å². The molecule has 0 spiro atoms. The fourth-order valence-electron chi connectivity index (χ4n) is 3.93. The number of nitrogens with one attached hydrogen (secondary N) is 1. The van der Waals surface area contributed by atoms with Gasteiger partial charge in [-0.25, -0.2) is 0 Å². The molecule has 6 nitrogen and oxygen atoms in total. The lowest BCUT2D eigenvalue weighted by atomic mass is 10.0. The van der Waals surface area contributed by atoms with Gasteiger partial charge in [0.15, 0.2) is 0 Å². The molecule has 2 aliphatic heterocycles. The molecule has 2 aliphatic rings. The summed E-state index contributed by atoms with van der Waals surface area (Å²) in [6, 6.07) is 11.9. The first-order valence-corrected chi connectivity index (χ1v) is 11.0. The molecule has 7 heteroatoms. The Hall–Kier alpha value is -2.38. The number of carbonyl (C=O) groups excluding carboxylic acids is 2. The van der Waals surface area contributed by atoms with E-state index in [0.29, 0.717) is 11.3 Å². The number of fused-ring (bicyclic) bond motifs is 1.